The van der Waals surface area contributed by atoms with Gasteiger partial charge in [-0.15, -0.1) is 0 Å². The molecule has 128 valence electrons. The van der Waals surface area contributed by atoms with E-state index in [0.29, 0.717) is 10.4 Å². The molecule has 1 saturated heterocycles. The number of nitrogens with zero attached hydrogens (tertiary/aromatic N) is 2. The van der Waals surface area contributed by atoms with Gasteiger partial charge in [-0.05, 0) is 55.4 Å². The zero-order valence-corrected chi connectivity index (χ0v) is 15.5. The minimum Gasteiger partial charge on any atom is -0.380 e. The van der Waals surface area contributed by atoms with Crippen molar-refractivity contribution in [1.29, 1.82) is 0 Å². The lowest BCUT2D eigenvalue weighted by atomic mass is 9.99. The predicted octanol–water partition coefficient (Wildman–Crippen LogP) is 4.31. The van der Waals surface area contributed by atoms with Crippen LogP contribution in [-0.2, 0) is 0 Å². The van der Waals surface area contributed by atoms with E-state index in [-0.39, 0.29) is 6.09 Å². The van der Waals surface area contributed by atoms with Crippen LogP contribution in [0.3, 0.4) is 0 Å². The second kappa shape index (κ2) is 6.91. The smallest absolute Gasteiger partial charge is 0.380 e. The Hall–Kier alpha value is -1.55. The number of likely N-dealkylation sites (tertiary alicyclic amines) is 1. The van der Waals surface area contributed by atoms with Crippen LogP contribution in [0, 0.1) is 6.92 Å². The number of piperidine rings is 1. The van der Waals surface area contributed by atoms with Crippen LogP contribution >= 0.6 is 0 Å². The van der Waals surface area contributed by atoms with E-state index < -0.39 is 0 Å². The first-order valence-electron chi connectivity index (χ1n) is 8.63. The van der Waals surface area contributed by atoms with Gasteiger partial charge in [0.1, 0.15) is 5.75 Å². The first-order valence-corrected chi connectivity index (χ1v) is 8.63. The fraction of sp³-hybridized carbons (Fsp3) is 0.632. The first-order chi connectivity index (χ1) is 10.7. The third kappa shape index (κ3) is 3.86. The average Bonchev–Trinajstić information content (AvgIpc) is 2.47. The van der Waals surface area contributed by atoms with E-state index >= 15 is 0 Å². The minimum atomic E-state index is -0.122. The van der Waals surface area contributed by atoms with Gasteiger partial charge in [-0.2, -0.15) is 4.79 Å². The Morgan fingerprint density at radius 3 is 2.30 bits per heavy atom. The highest BCUT2D eigenvalue weighted by Crippen LogP contribution is 2.34. The summed E-state index contributed by atoms with van der Waals surface area (Å²) in [5.74, 6) is 1.03. The molecule has 0 radical (unpaired) electrons. The molecule has 0 saturated carbocycles. The Morgan fingerprint density at radius 1 is 1.17 bits per heavy atom. The van der Waals surface area contributed by atoms with Crippen LogP contribution in [0.1, 0.15) is 50.2 Å². The topological polar surface area (TPSA) is 29.5 Å². The van der Waals surface area contributed by atoms with Gasteiger partial charge in [-0.1, -0.05) is 13.8 Å². The maximum Gasteiger partial charge on any atom is 0.521 e. The van der Waals surface area contributed by atoms with Crippen LogP contribution in [0.5, 0.6) is 5.75 Å². The number of carbonyl (C=O) groups excluding carboxylic acids is 1. The molecule has 4 heteroatoms. The lowest BCUT2D eigenvalue weighted by Gasteiger charge is -2.33. The summed E-state index contributed by atoms with van der Waals surface area (Å²) in [6, 6.07) is 4.16. The lowest BCUT2D eigenvalue weighted by Crippen LogP contribution is -2.53. The van der Waals surface area contributed by atoms with E-state index in [2.05, 4.69) is 31.7 Å². The Kier molecular flexibility index (Phi) is 5.35. The van der Waals surface area contributed by atoms with Gasteiger partial charge in [0.05, 0.1) is 20.1 Å². The van der Waals surface area contributed by atoms with Crippen LogP contribution in [-0.4, -0.2) is 44.8 Å². The van der Waals surface area contributed by atoms with Crippen molar-refractivity contribution in [2.24, 2.45) is 0 Å². The normalized spacial score (nSPS) is 17.2. The molecule has 1 fully saturated rings. The van der Waals surface area contributed by atoms with Crippen molar-refractivity contribution in [2.75, 3.05) is 39.1 Å². The number of hydrogen-bond acceptors (Lipinski definition) is 3. The summed E-state index contributed by atoms with van der Waals surface area (Å²) in [5, 5.41) is 0. The number of amides is 1. The number of quaternary nitrogens is 1. The molecule has 23 heavy (non-hydrogen) atoms. The van der Waals surface area contributed by atoms with Gasteiger partial charge < -0.3 is 9.64 Å². The first kappa shape index (κ1) is 17.8. The molecule has 1 heterocycles. The van der Waals surface area contributed by atoms with E-state index in [1.54, 1.807) is 0 Å². The summed E-state index contributed by atoms with van der Waals surface area (Å²) in [6.07, 6.45) is 3.29. The summed E-state index contributed by atoms with van der Waals surface area (Å²) in [6.45, 7) is 8.10. The SMILES string of the molecule is Cc1cc(OC(=O)[N+]2(C)CCCCC2)c(C(C)C)cc1N(C)C. The number of ether oxygens (including phenoxy) is 1. The van der Waals surface area contributed by atoms with Gasteiger partial charge >= 0.3 is 6.09 Å². The molecule has 0 atom stereocenters. The van der Waals surface area contributed by atoms with Crippen molar-refractivity contribution < 1.29 is 14.0 Å². The van der Waals surface area contributed by atoms with Crippen LogP contribution in [0.25, 0.3) is 0 Å². The van der Waals surface area contributed by atoms with Crippen molar-refractivity contribution >= 4 is 11.8 Å². The molecule has 1 aromatic carbocycles. The van der Waals surface area contributed by atoms with Gasteiger partial charge in [0.15, 0.2) is 0 Å². The Bertz CT molecular complexity index is 573. The summed E-state index contributed by atoms with van der Waals surface area (Å²) in [7, 11) is 6.08. The van der Waals surface area contributed by atoms with Gasteiger partial charge in [0, 0.05) is 19.8 Å². The molecule has 1 amide bonds. The lowest BCUT2D eigenvalue weighted by molar-refractivity contribution is -0.841. The van der Waals surface area contributed by atoms with Gasteiger partial charge in [0.25, 0.3) is 0 Å². The maximum absolute atomic E-state index is 12.7. The quantitative estimate of drug-likeness (QED) is 0.777. The molecular formula is C19H31N2O2+. The number of rotatable bonds is 3. The number of aryl methyl sites for hydroxylation is 1. The monoisotopic (exact) mass is 319 g/mol. The molecule has 2 rings (SSSR count). The van der Waals surface area contributed by atoms with Crippen LogP contribution in [0.4, 0.5) is 10.5 Å². The van der Waals surface area contributed by atoms with Gasteiger partial charge in [-0.25, -0.2) is 4.48 Å². The number of carbonyl (C=O) groups is 1. The van der Waals surface area contributed by atoms with Crippen molar-refractivity contribution in [3.8, 4) is 5.75 Å². The van der Waals surface area contributed by atoms with E-state index in [1.165, 1.54) is 12.1 Å². The fourth-order valence-electron chi connectivity index (χ4n) is 3.30. The minimum absolute atomic E-state index is 0.122. The zero-order chi connectivity index (χ0) is 17.2. The van der Waals surface area contributed by atoms with Crippen LogP contribution < -0.4 is 9.64 Å². The number of hydrogen-bond donors (Lipinski definition) is 0. The van der Waals surface area contributed by atoms with E-state index in [1.807, 2.05) is 27.2 Å². The molecule has 0 bridgehead atoms. The van der Waals surface area contributed by atoms with E-state index in [0.717, 1.165) is 42.8 Å². The summed E-state index contributed by atoms with van der Waals surface area (Å²) < 4.78 is 6.27. The standard InChI is InChI=1S/C19H31N2O2/c1-14(2)16-13-17(20(4)5)15(3)12-18(16)23-19(22)21(6)10-8-7-9-11-21/h12-14H,7-11H2,1-6H3/q+1. The molecule has 0 unspecified atom stereocenters. The number of benzene rings is 1. The highest BCUT2D eigenvalue weighted by Gasteiger charge is 2.36. The second-order valence-electron chi connectivity index (χ2n) is 7.50. The predicted molar refractivity (Wildman–Crippen MR) is 95.4 cm³/mol. The average molecular weight is 319 g/mol. The molecule has 1 aliphatic rings. The largest absolute Gasteiger partial charge is 0.521 e. The molecule has 4 nitrogen and oxygen atoms in total. The van der Waals surface area contributed by atoms with Crippen molar-refractivity contribution in [2.45, 2.75) is 46.0 Å². The molecule has 1 aliphatic heterocycles. The summed E-state index contributed by atoms with van der Waals surface area (Å²) >= 11 is 0. The fourth-order valence-corrected chi connectivity index (χ4v) is 3.30. The van der Waals surface area contributed by atoms with Gasteiger partial charge in [-0.3, -0.25) is 0 Å². The molecule has 0 spiro atoms. The molecule has 0 N–H and O–H groups in total. The summed E-state index contributed by atoms with van der Waals surface area (Å²) in [5.41, 5.74) is 3.40. The third-order valence-corrected chi connectivity index (χ3v) is 4.87. The van der Waals surface area contributed by atoms with Crippen molar-refractivity contribution in [3.63, 3.8) is 0 Å². The third-order valence-electron chi connectivity index (χ3n) is 4.87. The van der Waals surface area contributed by atoms with Crippen molar-refractivity contribution in [3.05, 3.63) is 23.3 Å². The maximum atomic E-state index is 12.7. The zero-order valence-electron chi connectivity index (χ0n) is 15.5. The van der Waals surface area contributed by atoms with E-state index in [4.69, 9.17) is 4.74 Å². The molecule has 0 aromatic heterocycles. The van der Waals surface area contributed by atoms with Crippen LogP contribution in [0.2, 0.25) is 0 Å². The van der Waals surface area contributed by atoms with E-state index in [9.17, 15) is 4.79 Å². The number of anilines is 1. The van der Waals surface area contributed by atoms with Gasteiger partial charge in [0.2, 0.25) is 0 Å². The Balaban J connectivity index is 2.31. The molecule has 0 aliphatic carbocycles. The molecule has 1 aromatic rings. The Labute approximate surface area is 140 Å². The van der Waals surface area contributed by atoms with Crippen LogP contribution in [0.15, 0.2) is 12.1 Å². The summed E-state index contributed by atoms with van der Waals surface area (Å²) in [4.78, 5) is 14.8. The Morgan fingerprint density at radius 2 is 1.78 bits per heavy atom. The highest BCUT2D eigenvalue weighted by atomic mass is 16.6. The second-order valence-corrected chi connectivity index (χ2v) is 7.50. The van der Waals surface area contributed by atoms with Crippen molar-refractivity contribution in [1.82, 2.24) is 0 Å². The highest BCUT2D eigenvalue weighted by molar-refractivity contribution is 5.67. The molecular weight excluding hydrogens is 288 g/mol.